The fourth-order valence-corrected chi connectivity index (χ4v) is 1.53. The quantitative estimate of drug-likeness (QED) is 0.482. The van der Waals surface area contributed by atoms with Crippen molar-refractivity contribution >= 4 is 32.4 Å². The number of halogens is 1. The van der Waals surface area contributed by atoms with E-state index < -0.39 is 9.05 Å². The van der Waals surface area contributed by atoms with Crippen molar-refractivity contribution in [3.8, 4) is 0 Å². The Hall–Kier alpha value is 0.433. The standard InChI is InChI=1S/C6H5ClO2S2.Zn/c7-11(8,9)6-3-1-5(10)2-4-6;/h1-4,10H;/q;+2. The molecular formula is C6H5ClO2S2Zn+2. The second kappa shape index (κ2) is 4.61. The van der Waals surface area contributed by atoms with Gasteiger partial charge in [-0.05, 0) is 24.3 Å². The van der Waals surface area contributed by atoms with Gasteiger partial charge in [0, 0.05) is 15.6 Å². The van der Waals surface area contributed by atoms with Crippen LogP contribution in [0.4, 0.5) is 0 Å². The molecule has 0 heterocycles. The van der Waals surface area contributed by atoms with Gasteiger partial charge >= 0.3 is 19.5 Å². The van der Waals surface area contributed by atoms with E-state index in [1.165, 1.54) is 12.1 Å². The summed E-state index contributed by atoms with van der Waals surface area (Å²) in [4.78, 5) is 0.797. The van der Waals surface area contributed by atoms with Gasteiger partial charge in [-0.2, -0.15) is 0 Å². The summed E-state index contributed by atoms with van der Waals surface area (Å²) in [5.41, 5.74) is 0. The topological polar surface area (TPSA) is 34.1 Å². The van der Waals surface area contributed by atoms with Crippen molar-refractivity contribution < 1.29 is 27.9 Å². The molecule has 0 unspecified atom stereocenters. The summed E-state index contributed by atoms with van der Waals surface area (Å²) < 4.78 is 21.4. The first-order valence-corrected chi connectivity index (χ1v) is 5.49. The number of rotatable bonds is 1. The van der Waals surface area contributed by atoms with Crippen molar-refractivity contribution in [3.63, 3.8) is 0 Å². The second-order valence-electron chi connectivity index (χ2n) is 1.93. The number of hydrogen-bond acceptors (Lipinski definition) is 3. The zero-order valence-electron chi connectivity index (χ0n) is 6.07. The molecule has 2 nitrogen and oxygen atoms in total. The van der Waals surface area contributed by atoms with Gasteiger partial charge in [-0.3, -0.25) is 0 Å². The molecular weight excluding hydrogens is 269 g/mol. The molecule has 0 N–H and O–H groups in total. The minimum atomic E-state index is -3.58. The van der Waals surface area contributed by atoms with Gasteiger partial charge in [-0.25, -0.2) is 8.42 Å². The Kier molecular flexibility index (Phi) is 4.78. The Morgan fingerprint density at radius 3 is 1.92 bits per heavy atom. The Bertz CT molecular complexity index is 346. The van der Waals surface area contributed by atoms with Crippen LogP contribution in [0.2, 0.25) is 0 Å². The van der Waals surface area contributed by atoms with Crippen LogP contribution in [0.1, 0.15) is 0 Å². The molecule has 1 aromatic rings. The van der Waals surface area contributed by atoms with Gasteiger partial charge in [-0.15, -0.1) is 12.6 Å². The largest absolute Gasteiger partial charge is 2.00 e. The monoisotopic (exact) mass is 272 g/mol. The average Bonchev–Trinajstić information content (AvgIpc) is 1.86. The molecule has 1 rings (SSSR count). The van der Waals surface area contributed by atoms with Gasteiger partial charge in [0.25, 0.3) is 9.05 Å². The van der Waals surface area contributed by atoms with E-state index in [1.54, 1.807) is 12.1 Å². The van der Waals surface area contributed by atoms with Crippen LogP contribution in [-0.2, 0) is 28.5 Å². The molecule has 12 heavy (non-hydrogen) atoms. The zero-order valence-corrected chi connectivity index (χ0v) is 11.5. The summed E-state index contributed by atoms with van der Waals surface area (Å²) >= 11 is 3.99. The van der Waals surface area contributed by atoms with Crippen LogP contribution >= 0.6 is 23.3 Å². The molecule has 0 aromatic heterocycles. The van der Waals surface area contributed by atoms with E-state index in [1.807, 2.05) is 0 Å². The molecule has 1 aromatic carbocycles. The van der Waals surface area contributed by atoms with Crippen molar-refractivity contribution in [1.29, 1.82) is 0 Å². The number of thiol groups is 1. The van der Waals surface area contributed by atoms with Gasteiger partial charge in [0.15, 0.2) is 0 Å². The van der Waals surface area contributed by atoms with Crippen LogP contribution in [-0.4, -0.2) is 8.42 Å². The molecule has 0 spiro atoms. The van der Waals surface area contributed by atoms with Gasteiger partial charge < -0.3 is 0 Å². The zero-order chi connectivity index (χ0) is 8.48. The Morgan fingerprint density at radius 2 is 1.58 bits per heavy atom. The number of hydrogen-bond donors (Lipinski definition) is 1. The summed E-state index contributed by atoms with van der Waals surface area (Å²) in [6, 6.07) is 5.95. The molecule has 0 fully saturated rings. The smallest absolute Gasteiger partial charge is 0.207 e. The average molecular weight is 274 g/mol. The van der Waals surface area contributed by atoms with E-state index >= 15 is 0 Å². The van der Waals surface area contributed by atoms with E-state index in [-0.39, 0.29) is 24.4 Å². The number of benzene rings is 1. The minimum absolute atomic E-state index is 0. The summed E-state index contributed by atoms with van der Waals surface area (Å²) in [7, 11) is 1.48. The first-order chi connectivity index (χ1) is 5.00. The predicted octanol–water partition coefficient (Wildman–Crippen LogP) is 1.90. The van der Waals surface area contributed by atoms with Crippen molar-refractivity contribution in [1.82, 2.24) is 0 Å². The predicted molar refractivity (Wildman–Crippen MR) is 46.7 cm³/mol. The van der Waals surface area contributed by atoms with Crippen molar-refractivity contribution in [2.45, 2.75) is 9.79 Å². The summed E-state index contributed by atoms with van der Waals surface area (Å²) in [5.74, 6) is 0. The third kappa shape index (κ3) is 3.44. The summed E-state index contributed by atoms with van der Waals surface area (Å²) in [6.45, 7) is 0. The maximum atomic E-state index is 10.7. The van der Waals surface area contributed by atoms with Crippen LogP contribution in [0.5, 0.6) is 0 Å². The molecule has 0 saturated carbocycles. The first-order valence-electron chi connectivity index (χ1n) is 2.74. The van der Waals surface area contributed by atoms with Crippen molar-refractivity contribution in [2.75, 3.05) is 0 Å². The summed E-state index contributed by atoms with van der Waals surface area (Å²) in [6.07, 6.45) is 0. The van der Waals surface area contributed by atoms with E-state index in [4.69, 9.17) is 10.7 Å². The Balaban J connectivity index is 0.00000121. The Morgan fingerprint density at radius 1 is 1.17 bits per heavy atom. The van der Waals surface area contributed by atoms with E-state index in [0.717, 1.165) is 0 Å². The van der Waals surface area contributed by atoms with Crippen molar-refractivity contribution in [2.24, 2.45) is 0 Å². The molecule has 0 aliphatic rings. The molecule has 0 aliphatic heterocycles. The SMILES string of the molecule is O=S(=O)(Cl)c1ccc(S)cc1.[Zn+2]. The second-order valence-corrected chi connectivity index (χ2v) is 5.01. The molecule has 0 amide bonds. The van der Waals surface area contributed by atoms with Crippen LogP contribution in [0.15, 0.2) is 34.1 Å². The van der Waals surface area contributed by atoms with Gasteiger partial charge in [0.05, 0.1) is 4.90 Å². The van der Waals surface area contributed by atoms with Crippen molar-refractivity contribution in [3.05, 3.63) is 24.3 Å². The molecule has 0 atom stereocenters. The van der Waals surface area contributed by atoms with Crippen LogP contribution in [0.25, 0.3) is 0 Å². The van der Waals surface area contributed by atoms with E-state index in [2.05, 4.69) is 12.6 Å². The third-order valence-corrected chi connectivity index (χ3v) is 2.79. The third-order valence-electron chi connectivity index (χ3n) is 1.12. The molecule has 6 heteroatoms. The minimum Gasteiger partial charge on any atom is -0.207 e. The van der Waals surface area contributed by atoms with E-state index in [9.17, 15) is 8.42 Å². The first kappa shape index (κ1) is 12.4. The molecule has 0 saturated heterocycles. The summed E-state index contributed by atoms with van der Waals surface area (Å²) in [5, 5.41) is 0. The van der Waals surface area contributed by atoms with Crippen LogP contribution in [0, 0.1) is 0 Å². The van der Waals surface area contributed by atoms with Crippen LogP contribution < -0.4 is 0 Å². The maximum Gasteiger partial charge on any atom is 2.00 e. The van der Waals surface area contributed by atoms with Gasteiger partial charge in [-0.1, -0.05) is 0 Å². The van der Waals surface area contributed by atoms with Crippen LogP contribution in [0.3, 0.4) is 0 Å². The maximum absolute atomic E-state index is 10.7. The molecule has 60 valence electrons. The fourth-order valence-electron chi connectivity index (χ4n) is 0.609. The Labute approximate surface area is 93.9 Å². The molecule has 0 radical (unpaired) electrons. The molecule has 0 aliphatic carbocycles. The van der Waals surface area contributed by atoms with E-state index in [0.29, 0.717) is 4.90 Å². The fraction of sp³-hybridized carbons (Fsp3) is 0. The van der Waals surface area contributed by atoms with Gasteiger partial charge in [0.2, 0.25) is 0 Å². The molecule has 0 bridgehead atoms. The normalized spacial score (nSPS) is 10.5. The van der Waals surface area contributed by atoms with Gasteiger partial charge in [0.1, 0.15) is 0 Å².